The van der Waals surface area contributed by atoms with Crippen molar-refractivity contribution in [2.75, 3.05) is 0 Å². The van der Waals surface area contributed by atoms with E-state index in [1.165, 1.54) is 6.07 Å². The molecule has 1 amide bonds. The highest BCUT2D eigenvalue weighted by molar-refractivity contribution is 5.95. The highest BCUT2D eigenvalue weighted by Crippen LogP contribution is 2.22. The number of hydrogen-bond acceptors (Lipinski definition) is 4. The maximum Gasteiger partial charge on any atom is 0.273 e. The SMILES string of the molecule is Cc1ccc(CN(Cc2ccccc2)C(=O)c2ccc(C)c([N+](=O)[O-])c2)o1. The van der Waals surface area contributed by atoms with E-state index in [-0.39, 0.29) is 23.7 Å². The monoisotopic (exact) mass is 364 g/mol. The van der Waals surface area contributed by atoms with Gasteiger partial charge in [-0.1, -0.05) is 36.4 Å². The minimum Gasteiger partial charge on any atom is -0.464 e. The van der Waals surface area contributed by atoms with Crippen molar-refractivity contribution in [3.8, 4) is 0 Å². The van der Waals surface area contributed by atoms with Crippen LogP contribution in [0.2, 0.25) is 0 Å². The fourth-order valence-corrected chi connectivity index (χ4v) is 2.88. The zero-order valence-corrected chi connectivity index (χ0v) is 15.2. The van der Waals surface area contributed by atoms with Crippen LogP contribution in [0.4, 0.5) is 5.69 Å². The van der Waals surface area contributed by atoms with E-state index in [0.29, 0.717) is 17.9 Å². The van der Waals surface area contributed by atoms with Crippen LogP contribution in [0.1, 0.15) is 33.0 Å². The van der Waals surface area contributed by atoms with Gasteiger partial charge >= 0.3 is 0 Å². The molecule has 0 spiro atoms. The van der Waals surface area contributed by atoms with Crippen LogP contribution in [0.5, 0.6) is 0 Å². The summed E-state index contributed by atoms with van der Waals surface area (Å²) in [6, 6.07) is 17.8. The Morgan fingerprint density at radius 1 is 1.04 bits per heavy atom. The number of furan rings is 1. The molecule has 6 heteroatoms. The van der Waals surface area contributed by atoms with Gasteiger partial charge in [0.1, 0.15) is 11.5 Å². The first-order valence-electron chi connectivity index (χ1n) is 8.57. The predicted octanol–water partition coefficient (Wildman–Crippen LogP) is 4.65. The fourth-order valence-electron chi connectivity index (χ4n) is 2.88. The van der Waals surface area contributed by atoms with Gasteiger partial charge in [0.25, 0.3) is 11.6 Å². The molecule has 0 fully saturated rings. The Hall–Kier alpha value is -3.41. The molecule has 6 nitrogen and oxygen atoms in total. The van der Waals surface area contributed by atoms with Crippen molar-refractivity contribution in [1.82, 2.24) is 4.90 Å². The van der Waals surface area contributed by atoms with E-state index >= 15 is 0 Å². The average Bonchev–Trinajstić information content (AvgIpc) is 3.06. The summed E-state index contributed by atoms with van der Waals surface area (Å²) in [4.78, 5) is 25.5. The lowest BCUT2D eigenvalue weighted by atomic mass is 10.1. The molecule has 0 saturated heterocycles. The van der Waals surface area contributed by atoms with Gasteiger partial charge < -0.3 is 9.32 Å². The van der Waals surface area contributed by atoms with Gasteiger partial charge in [-0.25, -0.2) is 0 Å². The van der Waals surface area contributed by atoms with Crippen LogP contribution in [0, 0.1) is 24.0 Å². The summed E-state index contributed by atoms with van der Waals surface area (Å²) >= 11 is 0. The molecule has 0 bridgehead atoms. The molecule has 27 heavy (non-hydrogen) atoms. The molecule has 0 saturated carbocycles. The Kier molecular flexibility index (Phi) is 5.35. The van der Waals surface area contributed by atoms with E-state index in [4.69, 9.17) is 4.42 Å². The van der Waals surface area contributed by atoms with Crippen molar-refractivity contribution >= 4 is 11.6 Å². The smallest absolute Gasteiger partial charge is 0.273 e. The Bertz CT molecular complexity index is 963. The molecular formula is C21H20N2O4. The summed E-state index contributed by atoms with van der Waals surface area (Å²) in [5.41, 5.74) is 1.71. The second-order valence-electron chi connectivity index (χ2n) is 6.42. The van der Waals surface area contributed by atoms with Crippen molar-refractivity contribution in [1.29, 1.82) is 0 Å². The van der Waals surface area contributed by atoms with E-state index in [0.717, 1.165) is 11.3 Å². The van der Waals surface area contributed by atoms with Crippen molar-refractivity contribution < 1.29 is 14.1 Å². The highest BCUT2D eigenvalue weighted by atomic mass is 16.6. The van der Waals surface area contributed by atoms with E-state index in [9.17, 15) is 14.9 Å². The molecule has 0 aliphatic rings. The third-order valence-corrected chi connectivity index (χ3v) is 4.30. The molecule has 1 aromatic heterocycles. The highest BCUT2D eigenvalue weighted by Gasteiger charge is 2.21. The minimum atomic E-state index is -0.469. The third kappa shape index (κ3) is 4.41. The number of carbonyl (C=O) groups excluding carboxylic acids is 1. The van der Waals surface area contributed by atoms with Crippen LogP contribution in [0.15, 0.2) is 65.1 Å². The van der Waals surface area contributed by atoms with Gasteiger partial charge in [0.2, 0.25) is 0 Å². The van der Waals surface area contributed by atoms with Crippen LogP contribution in [0.3, 0.4) is 0 Å². The lowest BCUT2D eigenvalue weighted by molar-refractivity contribution is -0.385. The van der Waals surface area contributed by atoms with Crippen molar-refractivity contribution in [3.05, 3.63) is 99.0 Å². The number of nitro benzene ring substituents is 1. The van der Waals surface area contributed by atoms with Gasteiger partial charge in [-0.05, 0) is 37.6 Å². The standard InChI is InChI=1S/C21H20N2O4/c1-15-8-10-18(12-20(15)23(25)26)21(24)22(13-17-6-4-3-5-7-17)14-19-11-9-16(2)27-19/h3-12H,13-14H2,1-2H3. The zero-order valence-electron chi connectivity index (χ0n) is 15.2. The molecule has 0 aliphatic carbocycles. The summed E-state index contributed by atoms with van der Waals surface area (Å²) in [6.07, 6.45) is 0. The molecule has 138 valence electrons. The Labute approximate surface area is 157 Å². The molecular weight excluding hydrogens is 344 g/mol. The molecule has 3 rings (SSSR count). The minimum absolute atomic E-state index is 0.0608. The lowest BCUT2D eigenvalue weighted by Crippen LogP contribution is -2.30. The molecule has 0 unspecified atom stereocenters. The first-order chi connectivity index (χ1) is 12.9. The average molecular weight is 364 g/mol. The van der Waals surface area contributed by atoms with Gasteiger partial charge in [0, 0.05) is 23.7 Å². The number of amides is 1. The van der Waals surface area contributed by atoms with Crippen LogP contribution in [-0.2, 0) is 13.1 Å². The van der Waals surface area contributed by atoms with Gasteiger partial charge in [-0.2, -0.15) is 0 Å². The number of aryl methyl sites for hydroxylation is 2. The van der Waals surface area contributed by atoms with Crippen molar-refractivity contribution in [2.24, 2.45) is 0 Å². The van der Waals surface area contributed by atoms with Crippen LogP contribution in [0.25, 0.3) is 0 Å². The van der Waals surface area contributed by atoms with E-state index in [1.807, 2.05) is 49.4 Å². The fraction of sp³-hybridized carbons (Fsp3) is 0.190. The number of nitrogens with zero attached hydrogens (tertiary/aromatic N) is 2. The number of benzene rings is 2. The number of hydrogen-bond donors (Lipinski definition) is 0. The second kappa shape index (κ2) is 7.86. The normalized spacial score (nSPS) is 10.6. The quantitative estimate of drug-likeness (QED) is 0.471. The third-order valence-electron chi connectivity index (χ3n) is 4.30. The Morgan fingerprint density at radius 2 is 1.78 bits per heavy atom. The Balaban J connectivity index is 1.92. The second-order valence-corrected chi connectivity index (χ2v) is 6.42. The van der Waals surface area contributed by atoms with Crippen LogP contribution >= 0.6 is 0 Å². The number of carbonyl (C=O) groups is 1. The largest absolute Gasteiger partial charge is 0.464 e. The summed E-state index contributed by atoms with van der Waals surface area (Å²) in [7, 11) is 0. The summed E-state index contributed by atoms with van der Waals surface area (Å²) in [5.74, 6) is 1.15. The maximum atomic E-state index is 13.1. The van der Waals surface area contributed by atoms with Gasteiger partial charge in [-0.3, -0.25) is 14.9 Å². The first kappa shape index (κ1) is 18.4. The molecule has 2 aromatic carbocycles. The zero-order chi connectivity index (χ0) is 19.4. The predicted molar refractivity (Wildman–Crippen MR) is 101 cm³/mol. The van der Waals surface area contributed by atoms with Gasteiger partial charge in [-0.15, -0.1) is 0 Å². The summed E-state index contributed by atoms with van der Waals surface area (Å²) in [6.45, 7) is 4.15. The molecule has 0 atom stereocenters. The summed E-state index contributed by atoms with van der Waals surface area (Å²) in [5, 5.41) is 11.2. The molecule has 0 radical (unpaired) electrons. The number of rotatable bonds is 6. The van der Waals surface area contributed by atoms with Gasteiger partial charge in [0.15, 0.2) is 0 Å². The first-order valence-corrected chi connectivity index (χ1v) is 8.57. The molecule has 0 N–H and O–H groups in total. The van der Waals surface area contributed by atoms with Gasteiger partial charge in [0.05, 0.1) is 11.5 Å². The Morgan fingerprint density at radius 3 is 2.41 bits per heavy atom. The van der Waals surface area contributed by atoms with E-state index < -0.39 is 4.92 Å². The molecule has 1 heterocycles. The van der Waals surface area contributed by atoms with Crippen LogP contribution < -0.4 is 0 Å². The van der Waals surface area contributed by atoms with Crippen molar-refractivity contribution in [3.63, 3.8) is 0 Å². The van der Waals surface area contributed by atoms with Crippen molar-refractivity contribution in [2.45, 2.75) is 26.9 Å². The van der Waals surface area contributed by atoms with E-state index in [2.05, 4.69) is 0 Å². The molecule has 3 aromatic rings. The topological polar surface area (TPSA) is 76.6 Å². The lowest BCUT2D eigenvalue weighted by Gasteiger charge is -2.22. The van der Waals surface area contributed by atoms with Crippen LogP contribution in [-0.4, -0.2) is 15.7 Å². The molecule has 0 aliphatic heterocycles. The summed E-state index contributed by atoms with van der Waals surface area (Å²) < 4.78 is 5.62. The number of nitro groups is 1. The maximum absolute atomic E-state index is 13.1. The van der Waals surface area contributed by atoms with E-state index in [1.54, 1.807) is 24.0 Å².